The smallest absolute Gasteiger partial charge is 0.255 e. The van der Waals surface area contributed by atoms with E-state index in [0.717, 1.165) is 11.0 Å². The number of rotatable bonds is 7. The molecule has 0 aliphatic rings. The molecule has 0 aromatic heterocycles. The Balaban J connectivity index is 1.75. The van der Waals surface area contributed by atoms with Crippen molar-refractivity contribution in [2.24, 2.45) is 0 Å². The zero-order chi connectivity index (χ0) is 25.8. The molecule has 3 N–H and O–H groups in total. The van der Waals surface area contributed by atoms with Crippen LogP contribution in [0, 0.1) is 11.3 Å². The fourth-order valence-corrected chi connectivity index (χ4v) is 4.88. The maximum absolute atomic E-state index is 12.9. The molecule has 0 saturated heterocycles. The second-order valence-electron chi connectivity index (χ2n) is 7.34. The van der Waals surface area contributed by atoms with Gasteiger partial charge in [0.05, 0.1) is 32.9 Å². The van der Waals surface area contributed by atoms with Crippen molar-refractivity contribution >= 4 is 56.4 Å². The minimum atomic E-state index is -3.97. The molecule has 3 aromatic rings. The summed E-state index contributed by atoms with van der Waals surface area (Å²) in [5.74, 6) is -1.78. The van der Waals surface area contributed by atoms with Crippen molar-refractivity contribution < 1.29 is 23.1 Å². The van der Waals surface area contributed by atoms with E-state index in [1.54, 1.807) is 12.1 Å². The lowest BCUT2D eigenvalue weighted by atomic mass is 10.1. The predicted octanol–water partition coefficient (Wildman–Crippen LogP) is 4.69. The molecule has 8 nitrogen and oxygen atoms in total. The summed E-state index contributed by atoms with van der Waals surface area (Å²) in [4.78, 5) is 26.0. The first-order valence-corrected chi connectivity index (χ1v) is 13.2. The van der Waals surface area contributed by atoms with Crippen LogP contribution in [0.3, 0.4) is 0 Å². The van der Waals surface area contributed by atoms with E-state index in [1.807, 2.05) is 12.3 Å². The topological polar surface area (TPSA) is 136 Å². The molecule has 1 unspecified atom stereocenters. The monoisotopic (exact) mass is 529 g/mol. The number of nitriles is 1. The third kappa shape index (κ3) is 5.95. The summed E-state index contributed by atoms with van der Waals surface area (Å²) >= 11 is 7.68. The molecule has 180 valence electrons. The first-order valence-electron chi connectivity index (χ1n) is 10.1. The van der Waals surface area contributed by atoms with Gasteiger partial charge in [-0.05, 0) is 67.8 Å². The molecular weight excluding hydrogens is 510 g/mol. The zero-order valence-corrected chi connectivity index (χ0v) is 21.0. The Labute approximate surface area is 211 Å². The molecule has 11 heteroatoms. The standard InChI is InChI=1S/C24H20ClN3O5S2/c1-14(35(32,33)18-9-7-17(34-2)8-10-18)23(30)27-20-12-22(29)21(11-19(20)25)28-24(31)16-5-3-15(13-26)4-6-16/h3-12,14,29H,1-2H3,(H,27,30)(H,28,31). The van der Waals surface area contributed by atoms with E-state index < -0.39 is 32.7 Å². The van der Waals surface area contributed by atoms with E-state index in [4.69, 9.17) is 16.9 Å². The molecule has 35 heavy (non-hydrogen) atoms. The molecular formula is C24H20ClN3O5S2. The molecule has 0 fully saturated rings. The number of hydrogen-bond donors (Lipinski definition) is 3. The van der Waals surface area contributed by atoms with Crippen molar-refractivity contribution in [1.29, 1.82) is 5.26 Å². The summed E-state index contributed by atoms with van der Waals surface area (Å²) in [6.45, 7) is 1.26. The Morgan fingerprint density at radius 2 is 1.66 bits per heavy atom. The van der Waals surface area contributed by atoms with Gasteiger partial charge in [0, 0.05) is 16.5 Å². The average molecular weight is 530 g/mol. The fourth-order valence-electron chi connectivity index (χ4n) is 2.99. The van der Waals surface area contributed by atoms with Crippen molar-refractivity contribution in [3.63, 3.8) is 0 Å². The lowest BCUT2D eigenvalue weighted by Gasteiger charge is -2.16. The molecule has 0 aliphatic carbocycles. The summed E-state index contributed by atoms with van der Waals surface area (Å²) in [6.07, 6.45) is 1.86. The van der Waals surface area contributed by atoms with Gasteiger partial charge in [-0.2, -0.15) is 5.26 Å². The van der Waals surface area contributed by atoms with Crippen molar-refractivity contribution in [2.45, 2.75) is 22.0 Å². The van der Waals surface area contributed by atoms with Crippen molar-refractivity contribution in [3.05, 3.63) is 76.8 Å². The lowest BCUT2D eigenvalue weighted by Crippen LogP contribution is -2.32. The number of aromatic hydroxyl groups is 1. The normalized spacial score (nSPS) is 11.8. The average Bonchev–Trinajstić information content (AvgIpc) is 2.86. The van der Waals surface area contributed by atoms with E-state index in [-0.39, 0.29) is 26.9 Å². The maximum atomic E-state index is 12.9. The minimum absolute atomic E-state index is 0.00718. The molecule has 0 bridgehead atoms. The van der Waals surface area contributed by atoms with Crippen LogP contribution in [0.15, 0.2) is 70.5 Å². The largest absolute Gasteiger partial charge is 0.506 e. The van der Waals surface area contributed by atoms with E-state index >= 15 is 0 Å². The van der Waals surface area contributed by atoms with Gasteiger partial charge >= 0.3 is 0 Å². The highest BCUT2D eigenvalue weighted by Crippen LogP contribution is 2.34. The number of sulfone groups is 1. The first-order chi connectivity index (χ1) is 16.6. The van der Waals surface area contributed by atoms with Gasteiger partial charge in [-0.15, -0.1) is 11.8 Å². The number of hydrogen-bond acceptors (Lipinski definition) is 7. The third-order valence-corrected chi connectivity index (χ3v) is 8.22. The van der Waals surface area contributed by atoms with Crippen LogP contribution in [0.5, 0.6) is 5.75 Å². The molecule has 1 atom stereocenters. The Morgan fingerprint density at radius 1 is 1.03 bits per heavy atom. The second-order valence-corrected chi connectivity index (χ2v) is 10.9. The summed E-state index contributed by atoms with van der Waals surface area (Å²) in [5.41, 5.74) is 0.601. The fraction of sp³-hybridized carbons (Fsp3) is 0.125. The zero-order valence-electron chi connectivity index (χ0n) is 18.6. The lowest BCUT2D eigenvalue weighted by molar-refractivity contribution is -0.115. The Hall–Kier alpha value is -3.52. The number of nitrogens with zero attached hydrogens (tertiary/aromatic N) is 1. The van der Waals surface area contributed by atoms with Crippen molar-refractivity contribution in [2.75, 3.05) is 16.9 Å². The number of nitrogens with one attached hydrogen (secondary N) is 2. The van der Waals surface area contributed by atoms with Gasteiger partial charge in [0.1, 0.15) is 11.0 Å². The van der Waals surface area contributed by atoms with Crippen LogP contribution in [-0.4, -0.2) is 36.8 Å². The van der Waals surface area contributed by atoms with E-state index in [0.29, 0.717) is 5.56 Å². The van der Waals surface area contributed by atoms with Gasteiger partial charge in [-0.1, -0.05) is 11.6 Å². The van der Waals surface area contributed by atoms with E-state index in [1.165, 1.54) is 61.2 Å². The van der Waals surface area contributed by atoms with Crippen LogP contribution >= 0.6 is 23.4 Å². The number of phenols is 1. The highest BCUT2D eigenvalue weighted by Gasteiger charge is 2.30. The number of carbonyl (C=O) groups is 2. The number of halogens is 1. The minimum Gasteiger partial charge on any atom is -0.506 e. The van der Waals surface area contributed by atoms with Gasteiger partial charge in [-0.3, -0.25) is 9.59 Å². The van der Waals surface area contributed by atoms with Gasteiger partial charge in [0.2, 0.25) is 5.91 Å². The molecule has 0 radical (unpaired) electrons. The van der Waals surface area contributed by atoms with Crippen LogP contribution in [-0.2, 0) is 14.6 Å². The number of anilines is 2. The highest BCUT2D eigenvalue weighted by atomic mass is 35.5. The van der Waals surface area contributed by atoms with Gasteiger partial charge in [-0.25, -0.2) is 8.42 Å². The summed E-state index contributed by atoms with van der Waals surface area (Å²) in [7, 11) is -3.97. The van der Waals surface area contributed by atoms with Crippen LogP contribution in [0.2, 0.25) is 5.02 Å². The first kappa shape index (κ1) is 26.1. The molecule has 0 spiro atoms. The third-order valence-electron chi connectivity index (χ3n) is 5.09. The molecule has 0 aliphatic heterocycles. The van der Waals surface area contributed by atoms with Crippen LogP contribution in [0.4, 0.5) is 11.4 Å². The number of benzene rings is 3. The number of carbonyl (C=O) groups excluding carboxylic acids is 2. The van der Waals surface area contributed by atoms with Gasteiger partial charge in [0.15, 0.2) is 9.84 Å². The molecule has 0 heterocycles. The SMILES string of the molecule is CSc1ccc(S(=O)(=O)C(C)C(=O)Nc2cc(O)c(NC(=O)c3ccc(C#N)cc3)cc2Cl)cc1. The van der Waals surface area contributed by atoms with Crippen LogP contribution < -0.4 is 10.6 Å². The van der Waals surface area contributed by atoms with Crippen molar-refractivity contribution in [1.82, 2.24) is 0 Å². The number of amides is 2. The van der Waals surface area contributed by atoms with Crippen molar-refractivity contribution in [3.8, 4) is 11.8 Å². The number of thioether (sulfide) groups is 1. The number of phenolic OH excluding ortho intramolecular Hbond substituents is 1. The van der Waals surface area contributed by atoms with Crippen LogP contribution in [0.25, 0.3) is 0 Å². The Morgan fingerprint density at radius 3 is 2.23 bits per heavy atom. The quantitative estimate of drug-likeness (QED) is 0.298. The van der Waals surface area contributed by atoms with Gasteiger partial charge in [0.25, 0.3) is 5.91 Å². The van der Waals surface area contributed by atoms with Crippen LogP contribution in [0.1, 0.15) is 22.8 Å². The van der Waals surface area contributed by atoms with Gasteiger partial charge < -0.3 is 15.7 Å². The predicted molar refractivity (Wildman–Crippen MR) is 136 cm³/mol. The molecule has 3 rings (SSSR count). The highest BCUT2D eigenvalue weighted by molar-refractivity contribution is 7.98. The Kier molecular flexibility index (Phi) is 8.07. The molecule has 0 saturated carbocycles. The summed E-state index contributed by atoms with van der Waals surface area (Å²) in [6, 6.07) is 16.4. The van der Waals surface area contributed by atoms with E-state index in [2.05, 4.69) is 10.6 Å². The Bertz CT molecular complexity index is 1420. The second kappa shape index (κ2) is 10.8. The summed E-state index contributed by atoms with van der Waals surface area (Å²) < 4.78 is 25.7. The molecule has 3 aromatic carbocycles. The maximum Gasteiger partial charge on any atom is 0.255 e. The van der Waals surface area contributed by atoms with E-state index in [9.17, 15) is 23.1 Å². The molecule has 2 amide bonds. The summed E-state index contributed by atoms with van der Waals surface area (Å²) in [5, 5.41) is 22.6.